The van der Waals surface area contributed by atoms with Crippen LogP contribution in [0.25, 0.3) is 11.2 Å². The molecule has 0 spiro atoms. The van der Waals surface area contributed by atoms with Crippen molar-refractivity contribution in [3.05, 3.63) is 61.0 Å². The molecule has 178 valence electrons. The Balaban J connectivity index is 1.38. The summed E-state index contributed by atoms with van der Waals surface area (Å²) >= 11 is 12.3. The normalized spacial score (nSPS) is 16.9. The van der Waals surface area contributed by atoms with E-state index in [1.165, 1.54) is 17.9 Å². The van der Waals surface area contributed by atoms with Crippen molar-refractivity contribution >= 4 is 34.4 Å². The SMILES string of the molecule is Cn1c(=O)c2c(ncn2CC(O)CN2CCCN(Cc3ccc(Cl)cc3Cl)CC2)n(C)c1=O. The predicted octanol–water partition coefficient (Wildman–Crippen LogP) is 1.31. The van der Waals surface area contributed by atoms with E-state index in [1.807, 2.05) is 12.1 Å². The number of benzene rings is 1. The second-order valence-corrected chi connectivity index (χ2v) is 9.44. The average molecular weight is 495 g/mol. The molecule has 2 aromatic heterocycles. The first-order valence-corrected chi connectivity index (χ1v) is 11.7. The van der Waals surface area contributed by atoms with Gasteiger partial charge in [0.15, 0.2) is 11.2 Å². The van der Waals surface area contributed by atoms with Crippen LogP contribution in [-0.4, -0.2) is 72.4 Å². The van der Waals surface area contributed by atoms with Crippen LogP contribution in [0.4, 0.5) is 0 Å². The second-order valence-electron chi connectivity index (χ2n) is 8.59. The van der Waals surface area contributed by atoms with Crippen molar-refractivity contribution in [1.82, 2.24) is 28.5 Å². The minimum absolute atomic E-state index is 0.227. The van der Waals surface area contributed by atoms with Crippen LogP contribution in [0.15, 0.2) is 34.1 Å². The Bertz CT molecular complexity index is 1270. The van der Waals surface area contributed by atoms with Crippen LogP contribution in [-0.2, 0) is 27.2 Å². The highest BCUT2D eigenvalue weighted by Crippen LogP contribution is 2.22. The molecule has 0 saturated carbocycles. The summed E-state index contributed by atoms with van der Waals surface area (Å²) in [6.07, 6.45) is 1.81. The Hall–Kier alpha value is -2.17. The van der Waals surface area contributed by atoms with Crippen LogP contribution >= 0.6 is 23.2 Å². The topological polar surface area (TPSA) is 88.5 Å². The zero-order valence-corrected chi connectivity index (χ0v) is 20.3. The second kappa shape index (κ2) is 9.99. The number of hydrogen-bond donors (Lipinski definition) is 1. The molecule has 1 aliphatic heterocycles. The number of aliphatic hydroxyl groups is 1. The fourth-order valence-electron chi connectivity index (χ4n) is 4.37. The van der Waals surface area contributed by atoms with Crippen molar-refractivity contribution in [2.24, 2.45) is 14.1 Å². The number of β-amino-alcohol motifs (C(OH)–C–C–N with tert-alkyl or cyclic N) is 1. The van der Waals surface area contributed by atoms with Gasteiger partial charge < -0.3 is 9.67 Å². The largest absolute Gasteiger partial charge is 0.390 e. The van der Waals surface area contributed by atoms with E-state index >= 15 is 0 Å². The van der Waals surface area contributed by atoms with E-state index in [0.717, 1.165) is 49.3 Å². The van der Waals surface area contributed by atoms with Crippen LogP contribution in [0.5, 0.6) is 0 Å². The van der Waals surface area contributed by atoms with E-state index in [1.54, 1.807) is 17.7 Å². The van der Waals surface area contributed by atoms with Gasteiger partial charge in [0.25, 0.3) is 5.56 Å². The molecule has 4 rings (SSSR count). The third kappa shape index (κ3) is 5.17. The van der Waals surface area contributed by atoms with Crippen LogP contribution in [0.1, 0.15) is 12.0 Å². The molecule has 33 heavy (non-hydrogen) atoms. The lowest BCUT2D eigenvalue weighted by molar-refractivity contribution is 0.100. The number of fused-ring (bicyclic) bond motifs is 1. The molecule has 1 fully saturated rings. The smallest absolute Gasteiger partial charge is 0.332 e. The molecular weight excluding hydrogens is 467 g/mol. The number of imidazole rings is 1. The quantitative estimate of drug-likeness (QED) is 0.555. The number of aromatic nitrogens is 4. The van der Waals surface area contributed by atoms with Crippen molar-refractivity contribution in [2.75, 3.05) is 32.7 Å². The number of halogens is 2. The molecule has 11 heteroatoms. The molecule has 9 nitrogen and oxygen atoms in total. The third-order valence-corrected chi connectivity index (χ3v) is 6.77. The maximum Gasteiger partial charge on any atom is 0.332 e. The minimum atomic E-state index is -0.679. The summed E-state index contributed by atoms with van der Waals surface area (Å²) in [5.41, 5.74) is 0.857. The summed E-state index contributed by atoms with van der Waals surface area (Å²) in [4.78, 5) is 33.5. The summed E-state index contributed by atoms with van der Waals surface area (Å²) in [6.45, 7) is 4.98. The number of hydrogen-bond acceptors (Lipinski definition) is 6. The summed E-state index contributed by atoms with van der Waals surface area (Å²) in [7, 11) is 3.02. The van der Waals surface area contributed by atoms with E-state index in [-0.39, 0.29) is 6.54 Å². The van der Waals surface area contributed by atoms with Gasteiger partial charge in [0, 0.05) is 50.3 Å². The molecule has 3 aromatic rings. The Morgan fingerprint density at radius 1 is 1.03 bits per heavy atom. The van der Waals surface area contributed by atoms with E-state index < -0.39 is 17.4 Å². The summed E-state index contributed by atoms with van der Waals surface area (Å²) < 4.78 is 4.04. The number of rotatable bonds is 6. The Labute approximate surface area is 201 Å². The maximum atomic E-state index is 12.6. The molecule has 1 atom stereocenters. The molecule has 1 saturated heterocycles. The van der Waals surface area contributed by atoms with E-state index in [0.29, 0.717) is 27.8 Å². The molecule has 0 bridgehead atoms. The lowest BCUT2D eigenvalue weighted by Gasteiger charge is -2.24. The van der Waals surface area contributed by atoms with Crippen molar-refractivity contribution in [1.29, 1.82) is 0 Å². The van der Waals surface area contributed by atoms with Crippen LogP contribution in [0.2, 0.25) is 10.0 Å². The molecule has 1 aliphatic rings. The fraction of sp³-hybridized carbons (Fsp3) is 0.500. The lowest BCUT2D eigenvalue weighted by Crippen LogP contribution is -2.39. The lowest BCUT2D eigenvalue weighted by atomic mass is 10.2. The Morgan fingerprint density at radius 2 is 1.76 bits per heavy atom. The van der Waals surface area contributed by atoms with Gasteiger partial charge in [0.05, 0.1) is 19.0 Å². The van der Waals surface area contributed by atoms with Gasteiger partial charge in [-0.1, -0.05) is 29.3 Å². The van der Waals surface area contributed by atoms with Crippen LogP contribution in [0, 0.1) is 0 Å². The van der Waals surface area contributed by atoms with Gasteiger partial charge in [-0.2, -0.15) is 0 Å². The predicted molar refractivity (Wildman–Crippen MR) is 129 cm³/mol. The molecule has 0 aliphatic carbocycles. The zero-order chi connectivity index (χ0) is 23.7. The fourth-order valence-corrected chi connectivity index (χ4v) is 4.84. The van der Waals surface area contributed by atoms with E-state index in [2.05, 4.69) is 14.8 Å². The highest BCUT2D eigenvalue weighted by Gasteiger charge is 2.20. The van der Waals surface area contributed by atoms with Gasteiger partial charge in [-0.25, -0.2) is 9.78 Å². The maximum absolute atomic E-state index is 12.6. The van der Waals surface area contributed by atoms with Crippen molar-refractivity contribution in [2.45, 2.75) is 25.6 Å². The first kappa shape index (κ1) is 24.0. The Morgan fingerprint density at radius 3 is 2.52 bits per heavy atom. The zero-order valence-electron chi connectivity index (χ0n) is 18.7. The standard InChI is InChI=1S/C22H28Cl2N6O3/c1-26-20-19(21(32)27(2)22(26)33)30(14-25-20)13-17(31)12-29-7-3-6-28(8-9-29)11-15-4-5-16(23)10-18(15)24/h4-5,10,14,17,31H,3,6-9,11-13H2,1-2H3. The summed E-state index contributed by atoms with van der Waals surface area (Å²) in [5, 5.41) is 12.1. The van der Waals surface area contributed by atoms with Crippen LogP contribution in [0.3, 0.4) is 0 Å². The van der Waals surface area contributed by atoms with E-state index in [9.17, 15) is 14.7 Å². The van der Waals surface area contributed by atoms with Gasteiger partial charge in [-0.05, 0) is 37.2 Å². The highest BCUT2D eigenvalue weighted by molar-refractivity contribution is 6.35. The summed E-state index contributed by atoms with van der Waals surface area (Å²) in [6, 6.07) is 5.59. The number of aliphatic hydroxyl groups excluding tert-OH is 1. The molecule has 1 unspecified atom stereocenters. The molecule has 3 heterocycles. The van der Waals surface area contributed by atoms with Gasteiger partial charge in [0.2, 0.25) is 0 Å². The number of nitrogens with zero attached hydrogens (tertiary/aromatic N) is 6. The molecule has 1 N–H and O–H groups in total. The molecule has 0 radical (unpaired) electrons. The highest BCUT2D eigenvalue weighted by atomic mass is 35.5. The molecule has 0 amide bonds. The van der Waals surface area contributed by atoms with Gasteiger partial charge in [-0.3, -0.25) is 23.7 Å². The van der Waals surface area contributed by atoms with Gasteiger partial charge in [0.1, 0.15) is 0 Å². The first-order valence-electron chi connectivity index (χ1n) is 10.9. The monoisotopic (exact) mass is 494 g/mol. The van der Waals surface area contributed by atoms with Crippen LogP contribution < -0.4 is 11.2 Å². The first-order chi connectivity index (χ1) is 15.7. The van der Waals surface area contributed by atoms with Crippen molar-refractivity contribution in [3.63, 3.8) is 0 Å². The average Bonchev–Trinajstić information content (AvgIpc) is 3.06. The van der Waals surface area contributed by atoms with Gasteiger partial charge in [-0.15, -0.1) is 0 Å². The summed E-state index contributed by atoms with van der Waals surface area (Å²) in [5.74, 6) is 0. The van der Waals surface area contributed by atoms with Gasteiger partial charge >= 0.3 is 5.69 Å². The Kier molecular flexibility index (Phi) is 7.25. The van der Waals surface area contributed by atoms with Crippen molar-refractivity contribution in [3.8, 4) is 0 Å². The van der Waals surface area contributed by atoms with E-state index in [4.69, 9.17) is 23.2 Å². The molecular formula is C22H28Cl2N6O3. The van der Waals surface area contributed by atoms with Crippen molar-refractivity contribution < 1.29 is 5.11 Å². The minimum Gasteiger partial charge on any atom is -0.390 e. The third-order valence-electron chi connectivity index (χ3n) is 6.18. The molecule has 1 aromatic carbocycles. The number of aryl methyl sites for hydroxylation is 1.